The molecule has 0 saturated carbocycles. The average molecular weight is 227 g/mol. The fourth-order valence-corrected chi connectivity index (χ4v) is 1.77. The number of H-pyrrole nitrogens is 1. The normalized spacial score (nSPS) is 10.9. The van der Waals surface area contributed by atoms with Gasteiger partial charge >= 0.3 is 0 Å². The van der Waals surface area contributed by atoms with Crippen molar-refractivity contribution in [2.75, 3.05) is 0 Å². The molecule has 0 atom stereocenters. The van der Waals surface area contributed by atoms with Gasteiger partial charge in [0.1, 0.15) is 11.6 Å². The number of aromatic nitrogens is 3. The summed E-state index contributed by atoms with van der Waals surface area (Å²) < 4.78 is 13.2. The first kappa shape index (κ1) is 9.96. The lowest BCUT2D eigenvalue weighted by atomic mass is 10.1. The molecule has 0 fully saturated rings. The Morgan fingerprint density at radius 1 is 1.24 bits per heavy atom. The van der Waals surface area contributed by atoms with Gasteiger partial charge in [-0.2, -0.15) is 0 Å². The number of imidazole rings is 1. The molecule has 0 aliphatic carbocycles. The molecular formula is C13H10FN3. The zero-order chi connectivity index (χ0) is 11.8. The summed E-state index contributed by atoms with van der Waals surface area (Å²) in [5.41, 5.74) is 3.02. The Morgan fingerprint density at radius 2 is 2.12 bits per heavy atom. The molecule has 0 saturated heterocycles. The second kappa shape index (κ2) is 3.66. The third-order valence-electron chi connectivity index (χ3n) is 2.69. The second-order valence-electron chi connectivity index (χ2n) is 3.92. The van der Waals surface area contributed by atoms with Crippen LogP contribution in [0.5, 0.6) is 0 Å². The number of benzene rings is 1. The van der Waals surface area contributed by atoms with E-state index in [-0.39, 0.29) is 5.82 Å². The monoisotopic (exact) mass is 227 g/mol. The van der Waals surface area contributed by atoms with Crippen LogP contribution in [0.1, 0.15) is 5.56 Å². The van der Waals surface area contributed by atoms with Gasteiger partial charge in [0.2, 0.25) is 0 Å². The lowest BCUT2D eigenvalue weighted by Crippen LogP contribution is -1.85. The highest BCUT2D eigenvalue weighted by Crippen LogP contribution is 2.21. The van der Waals surface area contributed by atoms with Crippen molar-refractivity contribution in [3.05, 3.63) is 47.9 Å². The SMILES string of the molecule is Cc1cc(-c2nc3ncccc3[nH]2)ccc1F. The fourth-order valence-electron chi connectivity index (χ4n) is 1.77. The third-order valence-corrected chi connectivity index (χ3v) is 2.69. The number of hydrogen-bond acceptors (Lipinski definition) is 2. The summed E-state index contributed by atoms with van der Waals surface area (Å²) in [5.74, 6) is 0.504. The average Bonchev–Trinajstić information content (AvgIpc) is 2.76. The number of aryl methyl sites for hydroxylation is 1. The van der Waals surface area contributed by atoms with Crippen LogP contribution in [-0.2, 0) is 0 Å². The first-order valence-corrected chi connectivity index (χ1v) is 5.31. The molecule has 4 heteroatoms. The van der Waals surface area contributed by atoms with E-state index in [1.54, 1.807) is 25.3 Å². The van der Waals surface area contributed by atoms with E-state index in [9.17, 15) is 4.39 Å². The summed E-state index contributed by atoms with van der Waals surface area (Å²) in [5, 5.41) is 0. The van der Waals surface area contributed by atoms with Gasteiger partial charge in [-0.1, -0.05) is 0 Å². The van der Waals surface area contributed by atoms with Crippen LogP contribution in [0.4, 0.5) is 4.39 Å². The zero-order valence-corrected chi connectivity index (χ0v) is 9.24. The molecule has 1 aromatic carbocycles. The van der Waals surface area contributed by atoms with Gasteiger partial charge in [-0.05, 0) is 42.8 Å². The van der Waals surface area contributed by atoms with Gasteiger partial charge in [0.25, 0.3) is 0 Å². The molecule has 0 unspecified atom stereocenters. The quantitative estimate of drug-likeness (QED) is 0.694. The van der Waals surface area contributed by atoms with E-state index in [2.05, 4.69) is 15.0 Å². The number of nitrogens with zero attached hydrogens (tertiary/aromatic N) is 2. The molecule has 17 heavy (non-hydrogen) atoms. The van der Waals surface area contributed by atoms with Crippen molar-refractivity contribution in [1.82, 2.24) is 15.0 Å². The van der Waals surface area contributed by atoms with Gasteiger partial charge in [0.15, 0.2) is 5.65 Å². The molecule has 0 spiro atoms. The molecule has 1 N–H and O–H groups in total. The van der Waals surface area contributed by atoms with Crippen molar-refractivity contribution < 1.29 is 4.39 Å². The molecule has 0 bridgehead atoms. The largest absolute Gasteiger partial charge is 0.337 e. The van der Waals surface area contributed by atoms with Crippen LogP contribution in [0, 0.1) is 12.7 Å². The molecule has 0 aliphatic heterocycles. The van der Waals surface area contributed by atoms with E-state index in [1.807, 2.05) is 12.1 Å². The minimum absolute atomic E-state index is 0.206. The summed E-state index contributed by atoms with van der Waals surface area (Å²) >= 11 is 0. The van der Waals surface area contributed by atoms with Gasteiger partial charge < -0.3 is 4.98 Å². The van der Waals surface area contributed by atoms with Crippen LogP contribution in [0.3, 0.4) is 0 Å². The fraction of sp³-hybridized carbons (Fsp3) is 0.0769. The Labute approximate surface area is 97.3 Å². The van der Waals surface area contributed by atoms with Crippen LogP contribution in [0.15, 0.2) is 36.5 Å². The Bertz CT molecular complexity index is 655. The Hall–Kier alpha value is -2.23. The van der Waals surface area contributed by atoms with Gasteiger partial charge in [0.05, 0.1) is 5.52 Å². The number of fused-ring (bicyclic) bond motifs is 1. The molecule has 2 aromatic heterocycles. The zero-order valence-electron chi connectivity index (χ0n) is 9.24. The van der Waals surface area contributed by atoms with Crippen molar-refractivity contribution in [3.63, 3.8) is 0 Å². The summed E-state index contributed by atoms with van der Waals surface area (Å²) in [6, 6.07) is 8.69. The highest BCUT2D eigenvalue weighted by molar-refractivity contribution is 5.75. The maximum atomic E-state index is 13.2. The molecule has 2 heterocycles. The number of hydrogen-bond donors (Lipinski definition) is 1. The topological polar surface area (TPSA) is 41.6 Å². The lowest BCUT2D eigenvalue weighted by molar-refractivity contribution is 0.618. The summed E-state index contributed by atoms with van der Waals surface area (Å²) in [4.78, 5) is 11.7. The molecule has 3 nitrogen and oxygen atoms in total. The lowest BCUT2D eigenvalue weighted by Gasteiger charge is -1.99. The molecule has 84 valence electrons. The first-order valence-electron chi connectivity index (χ1n) is 5.31. The summed E-state index contributed by atoms with van der Waals surface area (Å²) in [6.07, 6.45) is 1.70. The molecule has 3 aromatic rings. The van der Waals surface area contributed by atoms with E-state index < -0.39 is 0 Å². The van der Waals surface area contributed by atoms with Crippen molar-refractivity contribution in [2.45, 2.75) is 6.92 Å². The third kappa shape index (κ3) is 1.67. The molecule has 3 rings (SSSR count). The number of aromatic amines is 1. The van der Waals surface area contributed by atoms with E-state index in [4.69, 9.17) is 0 Å². The molecular weight excluding hydrogens is 217 g/mol. The Morgan fingerprint density at radius 3 is 2.88 bits per heavy atom. The molecule has 0 radical (unpaired) electrons. The van der Waals surface area contributed by atoms with Crippen molar-refractivity contribution in [2.24, 2.45) is 0 Å². The van der Waals surface area contributed by atoms with E-state index >= 15 is 0 Å². The van der Waals surface area contributed by atoms with Gasteiger partial charge in [-0.15, -0.1) is 0 Å². The standard InChI is InChI=1S/C13H10FN3/c1-8-7-9(4-5-10(8)14)12-16-11-3-2-6-15-13(11)17-12/h2-7H,1H3,(H,15,16,17). The highest BCUT2D eigenvalue weighted by Gasteiger charge is 2.07. The predicted octanol–water partition coefficient (Wildman–Crippen LogP) is 3.07. The Kier molecular flexibility index (Phi) is 2.14. The van der Waals surface area contributed by atoms with Gasteiger partial charge in [0, 0.05) is 11.8 Å². The minimum Gasteiger partial charge on any atom is -0.337 e. The maximum absolute atomic E-state index is 13.2. The van der Waals surface area contributed by atoms with Gasteiger partial charge in [-0.25, -0.2) is 14.4 Å². The summed E-state index contributed by atoms with van der Waals surface area (Å²) in [6.45, 7) is 1.74. The number of halogens is 1. The van der Waals surface area contributed by atoms with Crippen LogP contribution >= 0.6 is 0 Å². The van der Waals surface area contributed by atoms with Crippen molar-refractivity contribution >= 4 is 11.2 Å². The molecule has 0 amide bonds. The number of rotatable bonds is 1. The maximum Gasteiger partial charge on any atom is 0.178 e. The Balaban J connectivity index is 2.17. The van der Waals surface area contributed by atoms with Crippen LogP contribution < -0.4 is 0 Å². The van der Waals surface area contributed by atoms with E-state index in [0.29, 0.717) is 17.0 Å². The molecule has 0 aliphatic rings. The van der Waals surface area contributed by atoms with Crippen LogP contribution in [-0.4, -0.2) is 15.0 Å². The van der Waals surface area contributed by atoms with Crippen molar-refractivity contribution in [3.8, 4) is 11.4 Å². The van der Waals surface area contributed by atoms with Crippen LogP contribution in [0.2, 0.25) is 0 Å². The highest BCUT2D eigenvalue weighted by atomic mass is 19.1. The first-order chi connectivity index (χ1) is 8.24. The predicted molar refractivity (Wildman–Crippen MR) is 64.0 cm³/mol. The second-order valence-corrected chi connectivity index (χ2v) is 3.92. The number of nitrogens with one attached hydrogen (secondary N) is 1. The van der Waals surface area contributed by atoms with E-state index in [1.165, 1.54) is 6.07 Å². The summed E-state index contributed by atoms with van der Waals surface area (Å²) in [7, 11) is 0. The van der Waals surface area contributed by atoms with Crippen LogP contribution in [0.25, 0.3) is 22.6 Å². The van der Waals surface area contributed by atoms with E-state index in [0.717, 1.165) is 11.1 Å². The van der Waals surface area contributed by atoms with Crippen molar-refractivity contribution in [1.29, 1.82) is 0 Å². The number of pyridine rings is 1. The van der Waals surface area contributed by atoms with Gasteiger partial charge in [-0.3, -0.25) is 0 Å². The minimum atomic E-state index is -0.206. The smallest absolute Gasteiger partial charge is 0.178 e.